The minimum Gasteiger partial charge on any atom is -0.353 e. The van der Waals surface area contributed by atoms with Gasteiger partial charge in [-0.05, 0) is 56.8 Å². The van der Waals surface area contributed by atoms with Crippen LogP contribution in [0.5, 0.6) is 0 Å². The zero-order valence-electron chi connectivity index (χ0n) is 20.5. The molecule has 0 bridgehead atoms. The van der Waals surface area contributed by atoms with Gasteiger partial charge in [0.05, 0.1) is 11.7 Å². The largest absolute Gasteiger partial charge is 0.353 e. The molecular formula is C28H33N5O2. The number of aromatic nitrogens is 3. The van der Waals surface area contributed by atoms with Gasteiger partial charge < -0.3 is 14.8 Å². The molecule has 0 aliphatic carbocycles. The molecule has 2 aromatic heterocycles. The van der Waals surface area contributed by atoms with Crippen molar-refractivity contribution < 1.29 is 4.79 Å². The van der Waals surface area contributed by atoms with Gasteiger partial charge in [-0.15, -0.1) is 0 Å². The molecule has 2 aromatic carbocycles. The standard InChI is InChI=1S/C28H33N5O2/c1-20(33-25-11-7-6-10-23(25)24-19-30-31(2)28(35)26(24)33)27(34)29-14-17-32-15-12-22(13-16-32)18-21-8-4-3-5-9-21/h3-11,19-20,22H,12-18H2,1-2H3,(H,29,34)/t20-/m1/s1. The van der Waals surface area contributed by atoms with E-state index in [0.717, 1.165) is 48.3 Å². The number of hydrogen-bond donors (Lipinski definition) is 1. The number of carbonyl (C=O) groups is 1. The summed E-state index contributed by atoms with van der Waals surface area (Å²) in [6.07, 6.45) is 5.24. The quantitative estimate of drug-likeness (QED) is 0.448. The molecule has 7 nitrogen and oxygen atoms in total. The number of hydrogen-bond acceptors (Lipinski definition) is 4. The second-order valence-corrected chi connectivity index (χ2v) is 9.66. The summed E-state index contributed by atoms with van der Waals surface area (Å²) in [6, 6.07) is 18.0. The zero-order valence-corrected chi connectivity index (χ0v) is 20.5. The van der Waals surface area contributed by atoms with E-state index in [1.807, 2.05) is 35.8 Å². The Morgan fingerprint density at radius 2 is 1.77 bits per heavy atom. The molecule has 1 N–H and O–H groups in total. The Morgan fingerprint density at radius 3 is 2.54 bits per heavy atom. The van der Waals surface area contributed by atoms with Crippen LogP contribution in [0.2, 0.25) is 0 Å². The molecule has 0 spiro atoms. The summed E-state index contributed by atoms with van der Waals surface area (Å²) in [5, 5.41) is 9.01. The first-order valence-electron chi connectivity index (χ1n) is 12.5. The lowest BCUT2D eigenvalue weighted by Gasteiger charge is -2.32. The smallest absolute Gasteiger partial charge is 0.291 e. The number of amides is 1. The third-order valence-corrected chi connectivity index (χ3v) is 7.37. The highest BCUT2D eigenvalue weighted by Crippen LogP contribution is 2.29. The van der Waals surface area contributed by atoms with Crippen LogP contribution in [0, 0.1) is 5.92 Å². The first kappa shape index (κ1) is 23.3. The fraction of sp³-hybridized carbons (Fsp3) is 0.393. The SMILES string of the molecule is C[C@H](C(=O)NCCN1CCC(Cc2ccccc2)CC1)n1c2ccccc2c2cnn(C)c(=O)c21. The van der Waals surface area contributed by atoms with Crippen molar-refractivity contribution in [2.24, 2.45) is 13.0 Å². The fourth-order valence-electron chi connectivity index (χ4n) is 5.35. The molecule has 1 fully saturated rings. The van der Waals surface area contributed by atoms with E-state index in [4.69, 9.17) is 0 Å². The van der Waals surface area contributed by atoms with Crippen LogP contribution in [-0.2, 0) is 18.3 Å². The van der Waals surface area contributed by atoms with Crippen LogP contribution in [0.4, 0.5) is 0 Å². The lowest BCUT2D eigenvalue weighted by molar-refractivity contribution is -0.123. The fourth-order valence-corrected chi connectivity index (χ4v) is 5.35. The van der Waals surface area contributed by atoms with E-state index in [0.29, 0.717) is 12.1 Å². The topological polar surface area (TPSA) is 72.2 Å². The van der Waals surface area contributed by atoms with Gasteiger partial charge in [-0.1, -0.05) is 48.5 Å². The highest BCUT2D eigenvalue weighted by Gasteiger charge is 2.24. The molecule has 1 atom stereocenters. The van der Waals surface area contributed by atoms with Crippen molar-refractivity contribution in [3.8, 4) is 0 Å². The highest BCUT2D eigenvalue weighted by atomic mass is 16.2. The molecule has 1 amide bonds. The number of fused-ring (bicyclic) bond motifs is 3. The normalized spacial score (nSPS) is 16.1. The Balaban J connectivity index is 1.21. The van der Waals surface area contributed by atoms with Gasteiger partial charge in [-0.3, -0.25) is 9.59 Å². The maximum Gasteiger partial charge on any atom is 0.291 e. The zero-order chi connectivity index (χ0) is 24.4. The third kappa shape index (κ3) is 4.73. The molecule has 1 aliphatic rings. The van der Waals surface area contributed by atoms with Gasteiger partial charge in [-0.2, -0.15) is 5.10 Å². The number of carbonyl (C=O) groups excluding carboxylic acids is 1. The van der Waals surface area contributed by atoms with Crippen LogP contribution in [0.25, 0.3) is 21.8 Å². The van der Waals surface area contributed by atoms with Crippen LogP contribution < -0.4 is 10.9 Å². The van der Waals surface area contributed by atoms with Crippen LogP contribution in [0.1, 0.15) is 31.4 Å². The number of nitrogens with zero attached hydrogens (tertiary/aromatic N) is 4. The van der Waals surface area contributed by atoms with Gasteiger partial charge in [0, 0.05) is 30.9 Å². The van der Waals surface area contributed by atoms with E-state index in [-0.39, 0.29) is 11.5 Å². The maximum absolute atomic E-state index is 13.1. The van der Waals surface area contributed by atoms with Gasteiger partial charge in [-0.25, -0.2) is 4.68 Å². The van der Waals surface area contributed by atoms with E-state index >= 15 is 0 Å². The average Bonchev–Trinajstić information content (AvgIpc) is 3.22. The number of aryl methyl sites for hydroxylation is 1. The Bertz CT molecular complexity index is 1380. The Hall–Kier alpha value is -3.45. The summed E-state index contributed by atoms with van der Waals surface area (Å²) in [5.74, 6) is 0.654. The lowest BCUT2D eigenvalue weighted by atomic mass is 9.90. The highest BCUT2D eigenvalue weighted by molar-refractivity contribution is 6.08. The first-order valence-corrected chi connectivity index (χ1v) is 12.5. The molecule has 1 saturated heterocycles. The van der Waals surface area contributed by atoms with Crippen LogP contribution in [0.3, 0.4) is 0 Å². The molecule has 5 rings (SSSR count). The predicted octanol–water partition coefficient (Wildman–Crippen LogP) is 3.52. The average molecular weight is 472 g/mol. The van der Waals surface area contributed by atoms with Crippen molar-refractivity contribution in [1.29, 1.82) is 0 Å². The van der Waals surface area contributed by atoms with E-state index in [2.05, 4.69) is 45.6 Å². The number of piperidine rings is 1. The minimum atomic E-state index is -0.510. The van der Waals surface area contributed by atoms with Crippen molar-refractivity contribution in [2.75, 3.05) is 26.2 Å². The van der Waals surface area contributed by atoms with Gasteiger partial charge in [0.1, 0.15) is 11.6 Å². The van der Waals surface area contributed by atoms with E-state index in [1.54, 1.807) is 13.2 Å². The van der Waals surface area contributed by atoms with Gasteiger partial charge in [0.2, 0.25) is 5.91 Å². The predicted molar refractivity (Wildman–Crippen MR) is 140 cm³/mol. The van der Waals surface area contributed by atoms with Crippen molar-refractivity contribution in [3.63, 3.8) is 0 Å². The van der Waals surface area contributed by atoms with Gasteiger partial charge in [0.25, 0.3) is 5.56 Å². The van der Waals surface area contributed by atoms with Crippen molar-refractivity contribution in [2.45, 2.75) is 32.2 Å². The molecule has 4 aromatic rings. The lowest BCUT2D eigenvalue weighted by Crippen LogP contribution is -2.41. The van der Waals surface area contributed by atoms with Crippen molar-refractivity contribution in [1.82, 2.24) is 24.6 Å². The number of nitrogens with one attached hydrogen (secondary N) is 1. The summed E-state index contributed by atoms with van der Waals surface area (Å²) in [5.41, 5.74) is 2.61. The van der Waals surface area contributed by atoms with E-state index < -0.39 is 6.04 Å². The Kier molecular flexibility index (Phi) is 6.68. The second-order valence-electron chi connectivity index (χ2n) is 9.66. The summed E-state index contributed by atoms with van der Waals surface area (Å²) < 4.78 is 3.18. The number of likely N-dealkylation sites (tertiary alicyclic amines) is 1. The van der Waals surface area contributed by atoms with Crippen LogP contribution in [0.15, 0.2) is 65.6 Å². The van der Waals surface area contributed by atoms with E-state index in [9.17, 15) is 9.59 Å². The summed E-state index contributed by atoms with van der Waals surface area (Å²) in [6.45, 7) is 5.44. The molecule has 1 aliphatic heterocycles. The Labute approximate surface area is 205 Å². The summed E-state index contributed by atoms with van der Waals surface area (Å²) in [7, 11) is 1.64. The molecular weight excluding hydrogens is 438 g/mol. The minimum absolute atomic E-state index is 0.0783. The monoisotopic (exact) mass is 471 g/mol. The molecule has 182 valence electrons. The van der Waals surface area contributed by atoms with Gasteiger partial charge >= 0.3 is 0 Å². The molecule has 3 heterocycles. The summed E-state index contributed by atoms with van der Waals surface area (Å²) >= 11 is 0. The Morgan fingerprint density at radius 1 is 1.06 bits per heavy atom. The van der Waals surface area contributed by atoms with Crippen LogP contribution >= 0.6 is 0 Å². The van der Waals surface area contributed by atoms with Gasteiger partial charge in [0.15, 0.2) is 0 Å². The molecule has 35 heavy (non-hydrogen) atoms. The van der Waals surface area contributed by atoms with Crippen molar-refractivity contribution >= 4 is 27.7 Å². The second kappa shape index (κ2) is 10.0. The molecule has 7 heteroatoms. The van der Waals surface area contributed by atoms with Crippen molar-refractivity contribution in [3.05, 3.63) is 76.7 Å². The maximum atomic E-state index is 13.1. The summed E-state index contributed by atoms with van der Waals surface area (Å²) in [4.78, 5) is 28.5. The molecule has 0 saturated carbocycles. The molecule has 0 unspecified atom stereocenters. The van der Waals surface area contributed by atoms with E-state index in [1.165, 1.54) is 23.1 Å². The molecule has 0 radical (unpaired) electrons. The number of rotatable bonds is 7. The first-order chi connectivity index (χ1) is 17.0. The number of benzene rings is 2. The van der Waals surface area contributed by atoms with Crippen LogP contribution in [-0.4, -0.2) is 51.3 Å². The third-order valence-electron chi connectivity index (χ3n) is 7.37. The number of para-hydroxylation sites is 1.